The van der Waals surface area contributed by atoms with E-state index in [0.29, 0.717) is 15.7 Å². The van der Waals surface area contributed by atoms with E-state index in [9.17, 15) is 9.59 Å². The molecule has 142 valence electrons. The van der Waals surface area contributed by atoms with Gasteiger partial charge in [0, 0.05) is 11.1 Å². The second-order valence-corrected chi connectivity index (χ2v) is 7.97. The Bertz CT molecular complexity index is 1140. The monoisotopic (exact) mass is 412 g/mol. The van der Waals surface area contributed by atoms with Crippen molar-refractivity contribution in [3.63, 3.8) is 0 Å². The maximum atomic E-state index is 12.4. The summed E-state index contributed by atoms with van der Waals surface area (Å²) >= 11 is 2.79. The van der Waals surface area contributed by atoms with Gasteiger partial charge in [0.1, 0.15) is 10.0 Å². The fourth-order valence-electron chi connectivity index (χ4n) is 2.54. The molecule has 0 spiro atoms. The predicted octanol–water partition coefficient (Wildman–Crippen LogP) is 2.48. The number of aryl methyl sites for hydroxylation is 1. The second kappa shape index (κ2) is 7.87. The summed E-state index contributed by atoms with van der Waals surface area (Å²) in [6.45, 7) is 2.20. The van der Waals surface area contributed by atoms with Gasteiger partial charge in [-0.15, -0.1) is 22.7 Å². The Hall–Kier alpha value is -3.11. The number of thiophene rings is 1. The molecule has 4 rings (SSSR count). The molecule has 0 radical (unpaired) electrons. The van der Waals surface area contributed by atoms with Gasteiger partial charge in [0.15, 0.2) is 0 Å². The Morgan fingerprint density at radius 2 is 1.96 bits per heavy atom. The normalized spacial score (nSPS) is 10.9. The number of carbonyl (C=O) groups is 1. The first-order valence-corrected chi connectivity index (χ1v) is 10.2. The SMILES string of the molecule is Cc1ccc(NC(=O)Cc2nc(Cn3nnn(-c4cccs4)c3=O)cs2)cc1. The Kier molecular flexibility index (Phi) is 5.13. The minimum atomic E-state index is -0.325. The van der Waals surface area contributed by atoms with Crippen molar-refractivity contribution in [2.24, 2.45) is 0 Å². The van der Waals surface area contributed by atoms with E-state index in [0.717, 1.165) is 11.3 Å². The summed E-state index contributed by atoms with van der Waals surface area (Å²) in [4.78, 5) is 29.0. The van der Waals surface area contributed by atoms with Crippen LogP contribution in [0.25, 0.3) is 5.00 Å². The van der Waals surface area contributed by atoms with Crippen molar-refractivity contribution in [2.45, 2.75) is 19.9 Å². The molecule has 0 unspecified atom stereocenters. The van der Waals surface area contributed by atoms with Gasteiger partial charge < -0.3 is 5.32 Å². The minimum absolute atomic E-state index is 0.134. The first-order valence-electron chi connectivity index (χ1n) is 8.45. The third-order valence-electron chi connectivity index (χ3n) is 3.91. The van der Waals surface area contributed by atoms with Crippen molar-refractivity contribution in [3.8, 4) is 5.00 Å². The summed E-state index contributed by atoms with van der Waals surface area (Å²) in [6.07, 6.45) is 0.176. The highest BCUT2D eigenvalue weighted by Gasteiger charge is 2.13. The lowest BCUT2D eigenvalue weighted by Gasteiger charge is -2.04. The Balaban J connectivity index is 1.40. The van der Waals surface area contributed by atoms with Crippen LogP contribution in [0.1, 0.15) is 16.3 Å². The molecular formula is C18H16N6O2S2. The van der Waals surface area contributed by atoms with Crippen LogP contribution in [-0.4, -0.2) is 30.7 Å². The van der Waals surface area contributed by atoms with Gasteiger partial charge in [0.25, 0.3) is 0 Å². The Morgan fingerprint density at radius 3 is 2.71 bits per heavy atom. The van der Waals surface area contributed by atoms with Crippen molar-refractivity contribution in [3.05, 3.63) is 73.9 Å². The molecule has 10 heteroatoms. The molecule has 8 nitrogen and oxygen atoms in total. The molecule has 0 aliphatic carbocycles. The maximum Gasteiger partial charge on any atom is 0.369 e. The van der Waals surface area contributed by atoms with E-state index in [2.05, 4.69) is 20.7 Å². The quantitative estimate of drug-likeness (QED) is 0.525. The van der Waals surface area contributed by atoms with E-state index >= 15 is 0 Å². The number of hydrogen-bond donors (Lipinski definition) is 1. The van der Waals surface area contributed by atoms with Gasteiger partial charge in [0.2, 0.25) is 5.91 Å². The van der Waals surface area contributed by atoms with Gasteiger partial charge in [-0.2, -0.15) is 9.36 Å². The fourth-order valence-corrected chi connectivity index (χ4v) is 3.99. The highest BCUT2D eigenvalue weighted by Crippen LogP contribution is 2.14. The topological polar surface area (TPSA) is 94.7 Å². The lowest BCUT2D eigenvalue weighted by atomic mass is 10.2. The zero-order chi connectivity index (χ0) is 19.5. The largest absolute Gasteiger partial charge is 0.369 e. The fraction of sp³-hybridized carbons (Fsp3) is 0.167. The van der Waals surface area contributed by atoms with Crippen LogP contribution in [0, 0.1) is 6.92 Å². The number of nitrogens with one attached hydrogen (secondary N) is 1. The molecule has 0 saturated heterocycles. The van der Waals surface area contributed by atoms with Crippen LogP contribution < -0.4 is 11.0 Å². The molecule has 0 fully saturated rings. The van der Waals surface area contributed by atoms with Crippen LogP contribution in [0.2, 0.25) is 0 Å². The number of thiazole rings is 1. The van der Waals surface area contributed by atoms with Crippen molar-refractivity contribution in [1.82, 2.24) is 24.8 Å². The van der Waals surface area contributed by atoms with Crippen LogP contribution in [0.15, 0.2) is 52.0 Å². The Morgan fingerprint density at radius 1 is 1.14 bits per heavy atom. The smallest absolute Gasteiger partial charge is 0.326 e. The molecule has 28 heavy (non-hydrogen) atoms. The number of benzene rings is 1. The molecular weight excluding hydrogens is 396 g/mol. The first-order chi connectivity index (χ1) is 13.6. The van der Waals surface area contributed by atoms with Gasteiger partial charge in [-0.05, 0) is 47.0 Å². The van der Waals surface area contributed by atoms with Gasteiger partial charge in [-0.25, -0.2) is 9.78 Å². The molecule has 3 aromatic heterocycles. The average Bonchev–Trinajstić information content (AvgIpc) is 3.41. The third-order valence-corrected chi connectivity index (χ3v) is 5.65. The first kappa shape index (κ1) is 18.3. The Labute approximate surface area is 168 Å². The summed E-state index contributed by atoms with van der Waals surface area (Å²) in [5.74, 6) is -0.134. The maximum absolute atomic E-state index is 12.4. The highest BCUT2D eigenvalue weighted by molar-refractivity contribution is 7.12. The number of carbonyl (C=O) groups excluding carboxylic acids is 1. The van der Waals surface area contributed by atoms with Crippen molar-refractivity contribution < 1.29 is 4.79 Å². The highest BCUT2D eigenvalue weighted by atomic mass is 32.1. The number of anilines is 1. The number of aromatic nitrogens is 5. The lowest BCUT2D eigenvalue weighted by Crippen LogP contribution is -2.24. The van der Waals surface area contributed by atoms with E-state index < -0.39 is 0 Å². The number of tetrazole rings is 1. The molecule has 0 aliphatic rings. The molecule has 0 aliphatic heterocycles. The van der Waals surface area contributed by atoms with Gasteiger partial charge >= 0.3 is 5.69 Å². The second-order valence-electron chi connectivity index (χ2n) is 6.11. The molecule has 1 aromatic carbocycles. The van der Waals surface area contributed by atoms with E-state index in [-0.39, 0.29) is 24.6 Å². The number of nitrogens with zero attached hydrogens (tertiary/aromatic N) is 5. The zero-order valence-electron chi connectivity index (χ0n) is 14.9. The summed E-state index contributed by atoms with van der Waals surface area (Å²) < 4.78 is 2.51. The minimum Gasteiger partial charge on any atom is -0.326 e. The van der Waals surface area contributed by atoms with Crippen LogP contribution >= 0.6 is 22.7 Å². The summed E-state index contributed by atoms with van der Waals surface area (Å²) in [5.41, 5.74) is 2.23. The molecule has 1 amide bonds. The van der Waals surface area contributed by atoms with E-state index in [4.69, 9.17) is 0 Å². The van der Waals surface area contributed by atoms with Crippen LogP contribution in [0.4, 0.5) is 5.69 Å². The molecule has 1 N–H and O–H groups in total. The lowest BCUT2D eigenvalue weighted by molar-refractivity contribution is -0.115. The zero-order valence-corrected chi connectivity index (χ0v) is 16.5. The molecule has 4 aromatic rings. The van der Waals surface area contributed by atoms with Crippen LogP contribution in [-0.2, 0) is 17.8 Å². The van der Waals surface area contributed by atoms with Gasteiger partial charge in [0.05, 0.1) is 18.7 Å². The summed E-state index contributed by atoms with van der Waals surface area (Å²) in [6, 6.07) is 11.3. The van der Waals surface area contributed by atoms with Gasteiger partial charge in [-0.3, -0.25) is 4.79 Å². The summed E-state index contributed by atoms with van der Waals surface area (Å²) in [5, 5.41) is 15.7. The van der Waals surface area contributed by atoms with Crippen molar-refractivity contribution >= 4 is 34.3 Å². The van der Waals surface area contributed by atoms with E-state index in [1.807, 2.05) is 48.0 Å². The number of amides is 1. The molecule has 0 saturated carbocycles. The van der Waals surface area contributed by atoms with Gasteiger partial charge in [-0.1, -0.05) is 17.7 Å². The number of hydrogen-bond acceptors (Lipinski definition) is 7. The number of rotatable bonds is 6. The molecule has 0 bridgehead atoms. The van der Waals surface area contributed by atoms with Crippen LogP contribution in [0.3, 0.4) is 0 Å². The summed E-state index contributed by atoms with van der Waals surface area (Å²) in [7, 11) is 0. The average molecular weight is 413 g/mol. The van der Waals surface area contributed by atoms with E-state index in [1.165, 1.54) is 32.0 Å². The molecule has 3 heterocycles. The van der Waals surface area contributed by atoms with Crippen molar-refractivity contribution in [2.75, 3.05) is 5.32 Å². The third kappa shape index (κ3) is 4.07. The van der Waals surface area contributed by atoms with Crippen molar-refractivity contribution in [1.29, 1.82) is 0 Å². The van der Waals surface area contributed by atoms with E-state index in [1.54, 1.807) is 6.07 Å². The molecule has 0 atom stereocenters. The predicted molar refractivity (Wildman–Crippen MR) is 108 cm³/mol. The standard InChI is InChI=1S/C18H16N6O2S2/c1-12-4-6-13(7-5-12)19-15(25)9-16-20-14(11-28-16)10-23-18(26)24(22-21-23)17-3-2-8-27-17/h2-8,11H,9-10H2,1H3,(H,19,25). The van der Waals surface area contributed by atoms with Crippen LogP contribution in [0.5, 0.6) is 0 Å².